The molecule has 0 aromatic heterocycles. The van der Waals surface area contributed by atoms with Crippen LogP contribution in [0.15, 0.2) is 36.9 Å². The maximum absolute atomic E-state index is 14.3. The molecule has 1 aliphatic carbocycles. The van der Waals surface area contributed by atoms with E-state index in [2.05, 4.69) is 40.4 Å². The molecule has 46 heavy (non-hydrogen) atoms. The van der Waals surface area contributed by atoms with Crippen LogP contribution in [0.5, 0.6) is 5.75 Å². The second kappa shape index (κ2) is 14.0. The molecule has 2 heterocycles. The molecule has 0 radical (unpaired) electrons. The van der Waals surface area contributed by atoms with E-state index in [-0.39, 0.29) is 28.7 Å². The number of methoxy groups -OCH3 is 1. The molecular formula is C36H58N2O7Si. The molecular weight excluding hydrogens is 600 g/mol. The van der Waals surface area contributed by atoms with Gasteiger partial charge in [-0.2, -0.15) is 0 Å². The summed E-state index contributed by atoms with van der Waals surface area (Å²) in [7, 11) is -0.488. The van der Waals surface area contributed by atoms with E-state index >= 15 is 0 Å². The molecule has 1 N–H and O–H groups in total. The number of unbranched alkanes of at least 4 members (excludes halogenated alkanes) is 1. The Hall–Kier alpha value is -2.40. The normalized spacial score (nSPS) is 27.0. The molecule has 4 rings (SSSR count). The Kier molecular flexibility index (Phi) is 11.1. The first-order valence-corrected chi connectivity index (χ1v) is 19.8. The van der Waals surface area contributed by atoms with Gasteiger partial charge in [-0.15, -0.1) is 6.58 Å². The summed E-state index contributed by atoms with van der Waals surface area (Å²) in [5.41, 5.74) is -0.611. The molecule has 1 unspecified atom stereocenters. The van der Waals surface area contributed by atoms with Gasteiger partial charge in [0.2, 0.25) is 5.91 Å². The molecule has 0 spiro atoms. The largest absolute Gasteiger partial charge is 0.497 e. The van der Waals surface area contributed by atoms with Crippen molar-refractivity contribution >= 4 is 20.3 Å². The number of piperidine rings is 1. The SMILES string of the molecule is C=C[C@@H](O)[C@@]12[C@@H]3CCN(C(=O)OC(C)(C)C)[C@@H]1[C@H](CO[Si](C)(C)C(C)(C)C)CC3C(=O)N2CCCCOCc1ccc(OC)cc1. The third kappa shape index (κ3) is 7.20. The number of rotatable bonds is 13. The average Bonchev–Trinajstić information content (AvgIpc) is 3.15. The van der Waals surface area contributed by atoms with Crippen molar-refractivity contribution in [3.8, 4) is 5.75 Å². The lowest BCUT2D eigenvalue weighted by molar-refractivity contribution is -0.148. The molecule has 10 heteroatoms. The molecule has 6 atom stereocenters. The Bertz CT molecular complexity index is 1220. The van der Waals surface area contributed by atoms with Crippen LogP contribution in [-0.4, -0.2) is 91.9 Å². The number of carbonyl (C=O) groups excluding carboxylic acids is 2. The zero-order valence-corrected chi connectivity index (χ0v) is 30.6. The number of carbonyl (C=O) groups is 2. The quantitative estimate of drug-likeness (QED) is 0.149. The summed E-state index contributed by atoms with van der Waals surface area (Å²) >= 11 is 0. The molecule has 258 valence electrons. The zero-order valence-electron chi connectivity index (χ0n) is 29.6. The van der Waals surface area contributed by atoms with Crippen LogP contribution in [0, 0.1) is 17.8 Å². The fraction of sp³-hybridized carbons (Fsp3) is 0.722. The second-order valence-electron chi connectivity index (χ2n) is 15.9. The maximum atomic E-state index is 14.3. The van der Waals surface area contributed by atoms with Gasteiger partial charge >= 0.3 is 6.09 Å². The molecule has 3 aliphatic rings. The highest BCUT2D eigenvalue weighted by atomic mass is 28.4. The highest BCUT2D eigenvalue weighted by molar-refractivity contribution is 6.74. The summed E-state index contributed by atoms with van der Waals surface area (Å²) in [6, 6.07) is 7.35. The fourth-order valence-corrected chi connectivity index (χ4v) is 8.63. The minimum absolute atomic E-state index is 0.0101. The third-order valence-corrected chi connectivity index (χ3v) is 15.3. The van der Waals surface area contributed by atoms with Gasteiger partial charge in [-0.25, -0.2) is 4.79 Å². The smallest absolute Gasteiger partial charge is 0.410 e. The molecule has 2 saturated heterocycles. The minimum atomic E-state index is -2.13. The van der Waals surface area contributed by atoms with Crippen molar-refractivity contribution < 1.29 is 33.3 Å². The van der Waals surface area contributed by atoms with E-state index in [0.29, 0.717) is 52.2 Å². The number of amides is 2. The molecule has 4 bridgehead atoms. The van der Waals surface area contributed by atoms with Crippen molar-refractivity contribution in [1.29, 1.82) is 0 Å². The van der Waals surface area contributed by atoms with E-state index in [9.17, 15) is 14.7 Å². The van der Waals surface area contributed by atoms with E-state index in [1.165, 1.54) is 0 Å². The summed E-state index contributed by atoms with van der Waals surface area (Å²) in [5, 5.41) is 11.9. The van der Waals surface area contributed by atoms with Crippen LogP contribution in [0.25, 0.3) is 0 Å². The van der Waals surface area contributed by atoms with Gasteiger partial charge < -0.3 is 33.5 Å². The monoisotopic (exact) mass is 658 g/mol. The van der Waals surface area contributed by atoms with Crippen LogP contribution < -0.4 is 4.74 Å². The number of aliphatic hydroxyl groups excluding tert-OH is 1. The number of hydrogen-bond donors (Lipinski definition) is 1. The van der Waals surface area contributed by atoms with Crippen LogP contribution in [0.3, 0.4) is 0 Å². The van der Waals surface area contributed by atoms with E-state index in [1.54, 1.807) is 18.1 Å². The number of aliphatic hydroxyl groups is 1. The summed E-state index contributed by atoms with van der Waals surface area (Å²) in [6.45, 7) is 23.1. The van der Waals surface area contributed by atoms with Crippen LogP contribution >= 0.6 is 0 Å². The Morgan fingerprint density at radius 3 is 2.41 bits per heavy atom. The van der Waals surface area contributed by atoms with Crippen molar-refractivity contribution in [1.82, 2.24) is 9.80 Å². The van der Waals surface area contributed by atoms with Gasteiger partial charge in [0.05, 0.1) is 31.4 Å². The molecule has 1 aromatic rings. The highest BCUT2D eigenvalue weighted by Crippen LogP contribution is 2.59. The first-order valence-electron chi connectivity index (χ1n) is 16.9. The Morgan fingerprint density at radius 2 is 1.83 bits per heavy atom. The van der Waals surface area contributed by atoms with Crippen LogP contribution in [0.2, 0.25) is 18.1 Å². The summed E-state index contributed by atoms with van der Waals surface area (Å²) in [5.74, 6) is 0.414. The first-order chi connectivity index (χ1) is 21.5. The van der Waals surface area contributed by atoms with Gasteiger partial charge in [0.15, 0.2) is 8.32 Å². The number of nitrogens with zero attached hydrogens (tertiary/aromatic N) is 2. The van der Waals surface area contributed by atoms with Gasteiger partial charge in [0, 0.05) is 44.1 Å². The third-order valence-electron chi connectivity index (χ3n) is 10.8. The van der Waals surface area contributed by atoms with Crippen molar-refractivity contribution in [3.63, 3.8) is 0 Å². The topological polar surface area (TPSA) is 97.8 Å². The van der Waals surface area contributed by atoms with Gasteiger partial charge in [-0.1, -0.05) is 39.0 Å². The predicted octanol–water partition coefficient (Wildman–Crippen LogP) is 6.40. The van der Waals surface area contributed by atoms with Crippen LogP contribution in [-0.2, 0) is 25.3 Å². The molecule has 9 nitrogen and oxygen atoms in total. The Labute approximate surface area is 277 Å². The average molecular weight is 659 g/mol. The first kappa shape index (κ1) is 36.4. The van der Waals surface area contributed by atoms with Crippen LogP contribution in [0.4, 0.5) is 4.79 Å². The second-order valence-corrected chi connectivity index (χ2v) is 20.7. The standard InChI is InChI=1S/C36H58N2O7Si/c1-11-30(39)36-29-18-20-37(33(41)45-34(2,3)4)31(36)26(24-44-46(9,10)35(5,6)7)22-28(29)32(40)38(36)19-12-13-21-43-23-25-14-16-27(42-8)17-15-25/h11,14-17,26,28-31,39H,1,12-13,18-24H2,2-10H3/t26-,28?,29+,30+,31+,36-/m0/s1. The van der Waals surface area contributed by atoms with Crippen LogP contribution in [0.1, 0.15) is 72.8 Å². The van der Waals surface area contributed by atoms with E-state index in [0.717, 1.165) is 17.7 Å². The number of ether oxygens (including phenoxy) is 3. The summed E-state index contributed by atoms with van der Waals surface area (Å²) in [4.78, 5) is 31.9. The van der Waals surface area contributed by atoms with Crippen molar-refractivity contribution in [3.05, 3.63) is 42.5 Å². The van der Waals surface area contributed by atoms with Gasteiger partial charge in [0.1, 0.15) is 11.4 Å². The minimum Gasteiger partial charge on any atom is -0.497 e. The van der Waals surface area contributed by atoms with Crippen molar-refractivity contribution in [2.45, 2.75) is 115 Å². The van der Waals surface area contributed by atoms with Crippen molar-refractivity contribution in [2.75, 3.05) is 33.4 Å². The van der Waals surface area contributed by atoms with Crippen molar-refractivity contribution in [2.24, 2.45) is 17.8 Å². The lowest BCUT2D eigenvalue weighted by Gasteiger charge is -2.60. The lowest BCUT2D eigenvalue weighted by Crippen LogP contribution is -2.75. The fourth-order valence-electron chi connectivity index (χ4n) is 7.56. The molecule has 3 fully saturated rings. The predicted molar refractivity (Wildman–Crippen MR) is 182 cm³/mol. The maximum Gasteiger partial charge on any atom is 0.410 e. The van der Waals surface area contributed by atoms with E-state index < -0.39 is 37.7 Å². The summed E-state index contributed by atoms with van der Waals surface area (Å²) < 4.78 is 23.9. The highest BCUT2D eigenvalue weighted by Gasteiger charge is 2.72. The van der Waals surface area contributed by atoms with E-state index in [4.69, 9.17) is 18.6 Å². The van der Waals surface area contributed by atoms with Gasteiger partial charge in [-0.05, 0) is 82.3 Å². The Morgan fingerprint density at radius 1 is 1.15 bits per heavy atom. The van der Waals surface area contributed by atoms with Gasteiger partial charge in [-0.3, -0.25) is 4.79 Å². The van der Waals surface area contributed by atoms with Gasteiger partial charge in [0.25, 0.3) is 0 Å². The lowest BCUT2D eigenvalue weighted by atomic mass is 9.57. The molecule has 2 aliphatic heterocycles. The number of likely N-dealkylation sites (tertiary alicyclic amines) is 2. The zero-order chi connectivity index (χ0) is 34.1. The molecule has 2 amide bonds. The number of hydrogen-bond acceptors (Lipinski definition) is 7. The molecule has 1 saturated carbocycles. The summed E-state index contributed by atoms with van der Waals surface area (Å²) in [6.07, 6.45) is 2.84. The number of benzene rings is 1. The Balaban J connectivity index is 1.58. The molecule has 1 aromatic carbocycles. The van der Waals surface area contributed by atoms with E-state index in [1.807, 2.05) is 49.9 Å².